The minimum Gasteiger partial charge on any atom is -0.462 e. The van der Waals surface area contributed by atoms with Gasteiger partial charge in [0.15, 0.2) is 18.4 Å². The number of ether oxygens (including phenoxy) is 11. The van der Waals surface area contributed by atoms with Gasteiger partial charge in [0, 0.05) is 58.8 Å². The molecular formula is C51H76O14. The third-order valence-electron chi connectivity index (χ3n) is 15.6. The molecule has 0 unspecified atom stereocenters. The maximum Gasteiger partial charge on any atom is 0.316 e. The molecular weight excluding hydrogens is 837 g/mol. The molecule has 14 nitrogen and oxygen atoms in total. The molecule has 1 spiro atoms. The van der Waals surface area contributed by atoms with Gasteiger partial charge >= 0.3 is 5.97 Å². The predicted molar refractivity (Wildman–Crippen MR) is 239 cm³/mol. The lowest BCUT2D eigenvalue weighted by molar-refractivity contribution is -0.318. The molecule has 0 amide bonds. The average Bonchev–Trinajstić information content (AvgIpc) is 3.62. The third-order valence-corrected chi connectivity index (χ3v) is 15.6. The van der Waals surface area contributed by atoms with E-state index in [4.69, 9.17) is 52.1 Å². The van der Waals surface area contributed by atoms with Gasteiger partial charge in [-0.25, -0.2) is 0 Å². The molecule has 2 aliphatic carbocycles. The van der Waals surface area contributed by atoms with Gasteiger partial charge in [-0.15, -0.1) is 0 Å². The highest BCUT2D eigenvalue weighted by molar-refractivity contribution is 5.78. The SMILES string of the molecule is CO[C@H]1C[C@H](O[C@H]2[C@H](C)O[C@@H](O[C@@H]3/C(C)=C/C[C@@H]4C[C@@H](C[C@]5(C=C[C@H](C)[C@@H](C6CCCCC6)O5)O4)OC(=O)[C@@H]4C=C(C)[C@@H](OC)[C@H]5OC/C(=C\C=C\[C@@H]3C)[C@]54O)C[C@@H]2OC)O[C@@H](C)[C@@H]1O. The van der Waals surface area contributed by atoms with Crippen LogP contribution in [0.5, 0.6) is 0 Å². The van der Waals surface area contributed by atoms with E-state index < -0.39 is 90.8 Å². The minimum absolute atomic E-state index is 0.0107. The van der Waals surface area contributed by atoms with Crippen molar-refractivity contribution in [1.82, 2.24) is 0 Å². The summed E-state index contributed by atoms with van der Waals surface area (Å²) < 4.78 is 70.5. The van der Waals surface area contributed by atoms with E-state index in [-0.39, 0.29) is 36.8 Å². The summed E-state index contributed by atoms with van der Waals surface area (Å²) >= 11 is 0. The summed E-state index contributed by atoms with van der Waals surface area (Å²) in [5.41, 5.74) is 0.659. The summed E-state index contributed by atoms with van der Waals surface area (Å²) in [7, 11) is 4.84. The van der Waals surface area contributed by atoms with Gasteiger partial charge in [-0.3, -0.25) is 4.79 Å². The Bertz CT molecular complexity index is 1800. The molecule has 4 saturated heterocycles. The molecule has 65 heavy (non-hydrogen) atoms. The van der Waals surface area contributed by atoms with Crippen molar-refractivity contribution < 1.29 is 67.1 Å². The summed E-state index contributed by atoms with van der Waals surface area (Å²) in [6.07, 6.45) is 15.3. The zero-order valence-electron chi connectivity index (χ0n) is 40.0. The van der Waals surface area contributed by atoms with Gasteiger partial charge in [0.05, 0.1) is 49.3 Å². The molecule has 5 fully saturated rings. The van der Waals surface area contributed by atoms with Crippen LogP contribution in [0.3, 0.4) is 0 Å². The minimum atomic E-state index is -1.70. The lowest BCUT2D eigenvalue weighted by atomic mass is 9.70. The summed E-state index contributed by atoms with van der Waals surface area (Å²) in [4.78, 5) is 14.6. The second-order valence-electron chi connectivity index (χ2n) is 20.2. The van der Waals surface area contributed by atoms with Gasteiger partial charge in [-0.05, 0) is 75.7 Å². The number of aliphatic hydroxyl groups is 2. The fraction of sp³-hybridized carbons (Fsp3) is 0.784. The summed E-state index contributed by atoms with van der Waals surface area (Å²) in [6.45, 7) is 12.2. The number of aliphatic hydroxyl groups excluding tert-OH is 1. The standard InChI is InChI=1S/C51H76O14/c1-28-14-13-17-35-27-58-48-46(57-9)31(4)22-38(51(35,48)54)49(53)61-37-23-36(64-50(26-37)21-20-30(3)45(65-50)34-15-11-10-12-16-34)19-18-29(2)44(28)62-42-25-40(56-8)47(33(6)60-42)63-41-24-39(55-7)43(52)32(5)59-41/h13-14,17-18,20-22,28,30,32-34,36-48,52,54H,10-12,15-16,19,23-27H2,1-9H3/b14-13+,29-18+,35-17+/t28-,30-,32-,33-,36+,37-,38-,39-,40-,41-,42-,43-,44-,45-,46+,47-,48+,50+,51+/m0/s1. The maximum absolute atomic E-state index is 14.6. The molecule has 6 heterocycles. The molecule has 364 valence electrons. The molecule has 19 atom stereocenters. The number of methoxy groups -OCH3 is 3. The van der Waals surface area contributed by atoms with Crippen molar-refractivity contribution in [2.45, 2.75) is 203 Å². The van der Waals surface area contributed by atoms with Crippen LogP contribution >= 0.6 is 0 Å². The van der Waals surface area contributed by atoms with Crippen LogP contribution in [0, 0.1) is 23.7 Å². The van der Waals surface area contributed by atoms with E-state index >= 15 is 0 Å². The van der Waals surface area contributed by atoms with Crippen molar-refractivity contribution in [1.29, 1.82) is 0 Å². The van der Waals surface area contributed by atoms with Crippen molar-refractivity contribution in [2.24, 2.45) is 23.7 Å². The van der Waals surface area contributed by atoms with Crippen molar-refractivity contribution in [3.05, 3.63) is 59.3 Å². The molecule has 14 heteroatoms. The summed E-state index contributed by atoms with van der Waals surface area (Å²) in [5, 5.41) is 23.3. The molecule has 0 aromatic carbocycles. The number of carbonyl (C=O) groups is 1. The number of hydrogen-bond acceptors (Lipinski definition) is 14. The molecule has 0 aromatic rings. The highest BCUT2D eigenvalue weighted by Crippen LogP contribution is 2.48. The Labute approximate surface area is 385 Å². The monoisotopic (exact) mass is 913 g/mol. The van der Waals surface area contributed by atoms with E-state index in [1.165, 1.54) is 19.3 Å². The Morgan fingerprint density at radius 1 is 0.785 bits per heavy atom. The Morgan fingerprint density at radius 2 is 1.51 bits per heavy atom. The number of carbonyl (C=O) groups excluding carboxylic acids is 1. The first-order valence-corrected chi connectivity index (χ1v) is 24.4. The molecule has 0 aromatic heterocycles. The molecule has 0 radical (unpaired) electrons. The van der Waals surface area contributed by atoms with E-state index in [2.05, 4.69) is 32.9 Å². The molecule has 8 aliphatic rings. The second-order valence-corrected chi connectivity index (χ2v) is 20.2. The lowest BCUT2D eigenvalue weighted by Crippen LogP contribution is -2.58. The largest absolute Gasteiger partial charge is 0.462 e. The predicted octanol–water partition coefficient (Wildman–Crippen LogP) is 6.57. The van der Waals surface area contributed by atoms with Crippen molar-refractivity contribution >= 4 is 5.97 Å². The zero-order valence-corrected chi connectivity index (χ0v) is 40.0. The fourth-order valence-corrected chi connectivity index (χ4v) is 12.0. The Morgan fingerprint density at radius 3 is 2.25 bits per heavy atom. The van der Waals surface area contributed by atoms with E-state index in [0.717, 1.165) is 24.0 Å². The lowest BCUT2D eigenvalue weighted by Gasteiger charge is -2.49. The Hall–Kier alpha value is -2.31. The third kappa shape index (κ3) is 10.2. The molecule has 1 saturated carbocycles. The van der Waals surface area contributed by atoms with Crippen molar-refractivity contribution in [2.75, 3.05) is 27.9 Å². The summed E-state index contributed by atoms with van der Waals surface area (Å²) in [5.74, 6) is -2.11. The second kappa shape index (κ2) is 20.7. The van der Waals surface area contributed by atoms with E-state index in [1.54, 1.807) is 27.4 Å². The van der Waals surface area contributed by atoms with Crippen LogP contribution < -0.4 is 0 Å². The fourth-order valence-electron chi connectivity index (χ4n) is 12.0. The van der Waals surface area contributed by atoms with Crippen LogP contribution in [-0.4, -0.2) is 141 Å². The zero-order chi connectivity index (χ0) is 46.2. The van der Waals surface area contributed by atoms with Crippen LogP contribution in [0.25, 0.3) is 0 Å². The quantitative estimate of drug-likeness (QED) is 0.199. The molecule has 8 rings (SSSR count). The Balaban J connectivity index is 1.09. The van der Waals surface area contributed by atoms with Gasteiger partial charge in [-0.1, -0.05) is 69.6 Å². The van der Waals surface area contributed by atoms with Crippen molar-refractivity contribution in [3.8, 4) is 0 Å². The highest BCUT2D eigenvalue weighted by atomic mass is 16.7. The number of rotatable bonds is 8. The average molecular weight is 913 g/mol. The van der Waals surface area contributed by atoms with Crippen LogP contribution in [0.15, 0.2) is 59.3 Å². The first-order valence-electron chi connectivity index (χ1n) is 24.4. The van der Waals surface area contributed by atoms with Gasteiger partial charge in [-0.2, -0.15) is 0 Å². The van der Waals surface area contributed by atoms with Crippen LogP contribution in [0.4, 0.5) is 0 Å². The number of allylic oxidation sites excluding steroid dienone is 2. The topological polar surface area (TPSA) is 159 Å². The first kappa shape index (κ1) is 49.1. The van der Waals surface area contributed by atoms with E-state index in [1.807, 2.05) is 45.1 Å². The van der Waals surface area contributed by atoms with E-state index in [9.17, 15) is 15.0 Å². The molecule has 2 bridgehead atoms. The van der Waals surface area contributed by atoms with Crippen LogP contribution in [0.2, 0.25) is 0 Å². The normalized spacial score (nSPS) is 48.6. The maximum atomic E-state index is 14.6. The number of esters is 1. The smallest absolute Gasteiger partial charge is 0.316 e. The molecule has 2 N–H and O–H groups in total. The number of fused-ring (bicyclic) bond motifs is 2. The van der Waals surface area contributed by atoms with Gasteiger partial charge in [0.1, 0.15) is 42.0 Å². The van der Waals surface area contributed by atoms with Crippen LogP contribution in [0.1, 0.15) is 106 Å². The highest BCUT2D eigenvalue weighted by Gasteiger charge is 2.60. The van der Waals surface area contributed by atoms with Gasteiger partial charge in [0.2, 0.25) is 0 Å². The van der Waals surface area contributed by atoms with Gasteiger partial charge < -0.3 is 62.3 Å². The number of hydrogen-bond donors (Lipinski definition) is 2. The molecule has 6 aliphatic heterocycles. The first-order chi connectivity index (χ1) is 31.2. The Kier molecular flexibility index (Phi) is 15.7. The van der Waals surface area contributed by atoms with E-state index in [0.29, 0.717) is 43.6 Å². The van der Waals surface area contributed by atoms with Crippen LogP contribution in [-0.2, 0) is 56.9 Å². The summed E-state index contributed by atoms with van der Waals surface area (Å²) in [6, 6.07) is 0. The van der Waals surface area contributed by atoms with Gasteiger partial charge in [0.25, 0.3) is 0 Å². The van der Waals surface area contributed by atoms with Crippen molar-refractivity contribution in [3.63, 3.8) is 0 Å².